The van der Waals surface area contributed by atoms with Crippen molar-refractivity contribution < 1.29 is 71.1 Å². The van der Waals surface area contributed by atoms with Crippen molar-refractivity contribution in [2.45, 2.75) is 85.1 Å². The predicted octanol–water partition coefficient (Wildman–Crippen LogP) is 16.4. The molecular weight excluding hydrogens is 1440 g/mol. The largest absolute Gasteiger partial charge is 0.586 e. The van der Waals surface area contributed by atoms with Gasteiger partial charge in [0.15, 0.2) is 68.6 Å². The van der Waals surface area contributed by atoms with Crippen molar-refractivity contribution in [3.05, 3.63) is 186 Å². The van der Waals surface area contributed by atoms with Crippen LogP contribution in [0.1, 0.15) is 108 Å². The molecule has 0 spiro atoms. The van der Waals surface area contributed by atoms with Crippen LogP contribution in [0.3, 0.4) is 0 Å². The molecule has 3 aliphatic heterocycles. The lowest BCUT2D eigenvalue weighted by molar-refractivity contribution is -0.286. The van der Waals surface area contributed by atoms with E-state index in [1.165, 1.54) is 55.0 Å². The quantitative estimate of drug-likeness (QED) is 0.0740. The molecule has 0 aliphatic carbocycles. The molecule has 0 amide bonds. The number of rotatable bonds is 15. The number of nitrogens with zero attached hydrogens (tertiary/aromatic N) is 15. The van der Waals surface area contributed by atoms with Gasteiger partial charge in [0.1, 0.15) is 22.2 Å². The number of ether oxygens (including phenoxy) is 2. The number of hydrogen-bond acceptors (Lipinski definition) is 24. The highest BCUT2D eigenvalue weighted by molar-refractivity contribution is 5.97. The van der Waals surface area contributed by atoms with E-state index in [-0.39, 0.29) is 39.8 Å². The topological polar surface area (TPSA) is 362 Å². The zero-order valence-corrected chi connectivity index (χ0v) is 61.2. The first-order valence-corrected chi connectivity index (χ1v) is 36.2. The molecule has 2 saturated heterocycles. The van der Waals surface area contributed by atoms with Crippen LogP contribution in [0, 0.1) is 0 Å². The highest BCUT2D eigenvalue weighted by atomic mass is 19.3. The third-order valence-electron chi connectivity index (χ3n) is 19.4. The van der Waals surface area contributed by atoms with Crippen LogP contribution in [0.4, 0.5) is 32.1 Å². The lowest BCUT2D eigenvalue weighted by atomic mass is 10.1. The number of hydrogen-bond donors (Lipinski definition) is 4. The Morgan fingerprint density at radius 1 is 0.446 bits per heavy atom. The Bertz CT molecular complexity index is 6080. The van der Waals surface area contributed by atoms with Crippen molar-refractivity contribution in [3.8, 4) is 57.5 Å². The third-order valence-corrected chi connectivity index (χ3v) is 19.4. The van der Waals surface area contributed by atoms with Gasteiger partial charge in [0.2, 0.25) is 17.7 Å². The summed E-state index contributed by atoms with van der Waals surface area (Å²) in [4.78, 5) is 105. The summed E-state index contributed by atoms with van der Waals surface area (Å²) in [6.45, 7) is 14.0. The fraction of sp³-hybridized carbons (Fsp3) is 0.232. The summed E-state index contributed by atoms with van der Waals surface area (Å²) in [5, 5.41) is 37.1. The van der Waals surface area contributed by atoms with Crippen molar-refractivity contribution >= 4 is 125 Å². The highest BCUT2D eigenvalue weighted by Gasteiger charge is 2.44. The Morgan fingerprint density at radius 3 is 1.29 bits per heavy atom. The number of piperidine rings is 1. The number of carboxylic acids is 4. The van der Waals surface area contributed by atoms with Crippen molar-refractivity contribution in [3.63, 3.8) is 0 Å². The summed E-state index contributed by atoms with van der Waals surface area (Å²) in [5.41, 5.74) is 12.1. The first-order chi connectivity index (χ1) is 54.0. The fourth-order valence-corrected chi connectivity index (χ4v) is 13.4. The molecule has 4 N–H and O–H groups in total. The van der Waals surface area contributed by atoms with Crippen molar-refractivity contribution in [2.24, 2.45) is 0 Å². The van der Waals surface area contributed by atoms with Gasteiger partial charge in [-0.25, -0.2) is 74.0 Å². The van der Waals surface area contributed by atoms with Crippen LogP contribution >= 0.6 is 0 Å². The molecule has 30 heteroatoms. The van der Waals surface area contributed by atoms with E-state index >= 15 is 0 Å². The second-order valence-electron chi connectivity index (χ2n) is 27.0. The molecule has 15 aromatic rings. The normalized spacial score (nSPS) is 14.3. The van der Waals surface area contributed by atoms with Crippen molar-refractivity contribution in [1.29, 1.82) is 0 Å². The zero-order chi connectivity index (χ0) is 78.2. The third kappa shape index (κ3) is 15.1. The maximum atomic E-state index is 13.4. The van der Waals surface area contributed by atoms with Crippen LogP contribution in [0.5, 0.6) is 11.5 Å². The number of benzene rings is 8. The molecule has 10 heterocycles. The number of aromatic nitrogens is 11. The number of alkyl halides is 2. The van der Waals surface area contributed by atoms with Crippen LogP contribution in [-0.4, -0.2) is 157 Å². The van der Waals surface area contributed by atoms with E-state index in [0.29, 0.717) is 149 Å². The number of fused-ring (bicyclic) bond motifs is 8. The lowest BCUT2D eigenvalue weighted by Crippen LogP contribution is -2.31. The molecule has 18 rings (SSSR count). The van der Waals surface area contributed by atoms with Gasteiger partial charge >= 0.3 is 30.2 Å². The van der Waals surface area contributed by atoms with Gasteiger partial charge in [-0.1, -0.05) is 36.4 Å². The number of carboxylic acid groups (broad SMARTS) is 4. The molecule has 3 aliphatic rings. The molecule has 0 saturated carbocycles. The van der Waals surface area contributed by atoms with Gasteiger partial charge in [-0.05, 0) is 194 Å². The summed E-state index contributed by atoms with van der Waals surface area (Å²) in [6.07, 6.45) is 1.80. The average Bonchev–Trinajstić information content (AvgIpc) is 1.38. The van der Waals surface area contributed by atoms with Gasteiger partial charge in [0, 0.05) is 57.4 Å². The maximum absolute atomic E-state index is 13.4. The Morgan fingerprint density at radius 2 is 0.857 bits per heavy atom. The van der Waals surface area contributed by atoms with E-state index in [4.69, 9.17) is 38.2 Å². The molecule has 7 aromatic heterocycles. The van der Waals surface area contributed by atoms with E-state index in [0.717, 1.165) is 61.9 Å². The number of carbonyl (C=O) groups is 4. The number of para-hydroxylation sites is 6. The molecule has 112 heavy (non-hydrogen) atoms. The van der Waals surface area contributed by atoms with Crippen LogP contribution in [0.25, 0.3) is 123 Å². The van der Waals surface area contributed by atoms with Crippen molar-refractivity contribution in [2.75, 3.05) is 59.4 Å². The van der Waals surface area contributed by atoms with Gasteiger partial charge in [-0.15, -0.1) is 8.78 Å². The van der Waals surface area contributed by atoms with Crippen LogP contribution < -0.4 is 29.1 Å². The summed E-state index contributed by atoms with van der Waals surface area (Å²) >= 11 is 0. The maximum Gasteiger partial charge on any atom is 0.586 e. The van der Waals surface area contributed by atoms with Crippen LogP contribution in [-0.2, 0) is 0 Å². The lowest BCUT2D eigenvalue weighted by Gasteiger charge is -2.28. The second-order valence-corrected chi connectivity index (χ2v) is 27.0. The van der Waals surface area contributed by atoms with E-state index in [1.54, 1.807) is 42.5 Å². The number of halogens is 2. The van der Waals surface area contributed by atoms with Crippen LogP contribution in [0.15, 0.2) is 177 Å². The smallest absolute Gasteiger partial charge is 0.478 e. The second kappa shape index (κ2) is 30.6. The summed E-state index contributed by atoms with van der Waals surface area (Å²) in [7, 11) is 1.91. The van der Waals surface area contributed by atoms with Gasteiger partial charge < -0.3 is 62.8 Å². The fourth-order valence-electron chi connectivity index (χ4n) is 13.4. The monoisotopic (exact) mass is 1510 g/mol. The standard InChI is InChI=1S/2C21H18N4O3.C20H17F2N3O4.C20H18N4O3/c1-12-5-4-10-25(12)19-18(20-24-15-6-2-3-7-17(15)28-20)22-14-9-8-13(21(26)27)11-16(14)23-19;26-21(27)13-8-9-14-16(12-13)23-19(25-10-4-1-5-11-25)18(22-14)20-24-15-6-2-3-7-17(15)28-20;1-3-25(4-2)18-17(11-6-8-15-16(10-11)29-20(21,22)28-15)23-13-7-5-12(19(26)27)9-14(13)24-18;1-11(2)24(3)18-17(19-23-14-6-4-5-7-16(14)27-19)21-13-9-8-12(20(25)26)10-15(13)22-18/h2-3,6-9,11-12H,4-5,10H2,1H3,(H,26,27);2-3,6-9,12H,1,4-5,10-11H2,(H,26,27);5-10H,3-4H2,1-2H3,(H,26,27);4-11H,1-3H3,(H,25,26)/t12-;;;/m0.../s1. The highest BCUT2D eigenvalue weighted by Crippen LogP contribution is 2.45. The predicted molar refractivity (Wildman–Crippen MR) is 416 cm³/mol. The Kier molecular flexibility index (Phi) is 20.1. The van der Waals surface area contributed by atoms with E-state index in [1.807, 2.05) is 117 Å². The minimum absolute atomic E-state index is 0.0528. The summed E-state index contributed by atoms with van der Waals surface area (Å²) in [6, 6.07) is 46.3. The molecule has 0 bridgehead atoms. The first kappa shape index (κ1) is 73.6. The Labute approximate surface area is 635 Å². The van der Waals surface area contributed by atoms with Gasteiger partial charge in [0.05, 0.1) is 66.4 Å². The van der Waals surface area contributed by atoms with E-state index < -0.39 is 30.2 Å². The average molecular weight is 1510 g/mol. The molecule has 1 atom stereocenters. The Balaban J connectivity index is 0.000000118. The van der Waals surface area contributed by atoms with E-state index in [2.05, 4.69) is 56.1 Å². The van der Waals surface area contributed by atoms with E-state index in [9.17, 15) is 48.4 Å². The Hall–Kier alpha value is -13.9. The molecule has 2 fully saturated rings. The van der Waals surface area contributed by atoms with Gasteiger partial charge in [-0.2, -0.15) is 0 Å². The first-order valence-electron chi connectivity index (χ1n) is 36.2. The molecule has 566 valence electrons. The SMILES string of the molecule is CC(C)N(C)c1nc2cc(C(=O)O)ccc2nc1-c1nc2ccccc2o1.CCN(CC)c1nc2cc(C(=O)O)ccc2nc1-c1ccc2c(c1)OC(F)(F)O2.C[C@H]1CCCN1c1nc2cc(C(=O)O)ccc2nc1-c1nc2ccccc2o1.O=C(O)c1ccc2nc(-c3nc4ccccc4o3)c(N3CCCCC3)nc2c1. The molecule has 8 aromatic carbocycles. The summed E-state index contributed by atoms with van der Waals surface area (Å²) in [5.74, 6) is -0.423. The number of aromatic carboxylic acids is 4. The number of oxazole rings is 3. The molecular formula is C82H71F2N15O13. The summed E-state index contributed by atoms with van der Waals surface area (Å²) < 4.78 is 53.6. The number of anilines is 4. The minimum atomic E-state index is -3.70. The molecule has 0 unspecified atom stereocenters. The van der Waals surface area contributed by atoms with Crippen molar-refractivity contribution in [1.82, 2.24) is 54.8 Å². The minimum Gasteiger partial charge on any atom is -0.478 e. The van der Waals surface area contributed by atoms with Crippen LogP contribution in [0.2, 0.25) is 0 Å². The zero-order valence-electron chi connectivity index (χ0n) is 61.2. The molecule has 0 radical (unpaired) electrons. The molecule has 28 nitrogen and oxygen atoms in total. The van der Waals surface area contributed by atoms with Gasteiger partial charge in [-0.3, -0.25) is 0 Å². The van der Waals surface area contributed by atoms with Gasteiger partial charge in [0.25, 0.3) is 0 Å².